The van der Waals surface area contributed by atoms with Crippen LogP contribution in [0, 0.1) is 0 Å². The maximum atomic E-state index is 6.71. The summed E-state index contributed by atoms with van der Waals surface area (Å²) < 4.78 is 13.4. The molecule has 0 saturated heterocycles. The quantitative estimate of drug-likeness (QED) is 0.338. The lowest BCUT2D eigenvalue weighted by molar-refractivity contribution is 0.432. The second-order valence-electron chi connectivity index (χ2n) is 8.63. The van der Waals surface area contributed by atoms with Crippen LogP contribution in [0.3, 0.4) is 0 Å². The molecule has 146 valence electrons. The molecule has 0 saturated carbocycles. The van der Waals surface area contributed by atoms with E-state index in [0.717, 1.165) is 42.5 Å². The fourth-order valence-corrected chi connectivity index (χ4v) is 7.20. The highest BCUT2D eigenvalue weighted by molar-refractivity contribution is 7.56. The Bertz CT molecular complexity index is 1260. The van der Waals surface area contributed by atoms with E-state index in [-0.39, 0.29) is 5.41 Å². The average Bonchev–Trinajstić information content (AvgIpc) is 3.35. The van der Waals surface area contributed by atoms with Crippen LogP contribution in [0.2, 0.25) is 0 Å². The third kappa shape index (κ3) is 2.23. The molecule has 0 atom stereocenters. The number of rotatable bonds is 1. The third-order valence-electron chi connectivity index (χ3n) is 7.13. The van der Waals surface area contributed by atoms with Gasteiger partial charge in [-0.25, -0.2) is 0 Å². The van der Waals surface area contributed by atoms with Crippen molar-refractivity contribution < 1.29 is 9.05 Å². The van der Waals surface area contributed by atoms with Crippen LogP contribution in [-0.2, 0) is 18.3 Å². The summed E-state index contributed by atoms with van der Waals surface area (Å²) in [5, 5.41) is 3.57. The van der Waals surface area contributed by atoms with Gasteiger partial charge in [0, 0.05) is 16.5 Å². The van der Waals surface area contributed by atoms with E-state index in [1.165, 1.54) is 33.0 Å². The van der Waals surface area contributed by atoms with Crippen molar-refractivity contribution in [3.8, 4) is 11.5 Å². The molecule has 3 heteroatoms. The maximum Gasteiger partial charge on any atom is 0.326 e. The fourth-order valence-electron chi connectivity index (χ4n) is 5.85. The summed E-state index contributed by atoms with van der Waals surface area (Å²) in [6.07, 6.45) is 4.55. The van der Waals surface area contributed by atoms with Crippen molar-refractivity contribution in [2.45, 2.75) is 31.1 Å². The number of hydrogen-bond acceptors (Lipinski definition) is 2. The Morgan fingerprint density at radius 1 is 0.633 bits per heavy atom. The SMILES string of the molecule is c1cc2c3c(c1)OP(c1ccc4ccccc4c1)Oc1cccc4c1C3(CC2)CC4. The monoisotopic (exact) mass is 408 g/mol. The number of fused-ring (bicyclic) bond motifs is 1. The summed E-state index contributed by atoms with van der Waals surface area (Å²) in [6, 6.07) is 28.2. The molecule has 30 heavy (non-hydrogen) atoms. The Balaban J connectivity index is 1.46. The fraction of sp³-hybridized carbons (Fsp3) is 0.185. The Hall–Kier alpha value is -2.83. The molecule has 1 spiro atoms. The topological polar surface area (TPSA) is 18.5 Å². The average molecular weight is 408 g/mol. The van der Waals surface area contributed by atoms with Crippen molar-refractivity contribution in [1.82, 2.24) is 0 Å². The molecular formula is C27H21O2P. The van der Waals surface area contributed by atoms with Crippen molar-refractivity contribution >= 4 is 24.5 Å². The smallest absolute Gasteiger partial charge is 0.326 e. The van der Waals surface area contributed by atoms with Crippen molar-refractivity contribution in [3.63, 3.8) is 0 Å². The van der Waals surface area contributed by atoms with E-state index in [0.29, 0.717) is 0 Å². The van der Waals surface area contributed by atoms with Crippen LogP contribution in [0.5, 0.6) is 11.5 Å². The molecule has 7 rings (SSSR count). The molecule has 2 aliphatic carbocycles. The molecule has 0 aromatic heterocycles. The summed E-state index contributed by atoms with van der Waals surface area (Å²) in [5.74, 6) is 2.04. The van der Waals surface area contributed by atoms with E-state index in [2.05, 4.69) is 78.9 Å². The van der Waals surface area contributed by atoms with Crippen LogP contribution in [0.4, 0.5) is 0 Å². The minimum atomic E-state index is -1.27. The molecule has 0 radical (unpaired) electrons. The predicted molar refractivity (Wildman–Crippen MR) is 122 cm³/mol. The van der Waals surface area contributed by atoms with Gasteiger partial charge >= 0.3 is 8.38 Å². The molecule has 4 aromatic carbocycles. The first-order chi connectivity index (χ1) is 14.8. The molecule has 0 amide bonds. The molecule has 1 heterocycles. The van der Waals surface area contributed by atoms with Gasteiger partial charge in [0.05, 0.1) is 5.30 Å². The zero-order valence-electron chi connectivity index (χ0n) is 16.6. The van der Waals surface area contributed by atoms with Gasteiger partial charge in [-0.2, -0.15) is 0 Å². The lowest BCUT2D eigenvalue weighted by Gasteiger charge is -2.34. The highest BCUT2D eigenvalue weighted by Gasteiger charge is 2.50. The summed E-state index contributed by atoms with van der Waals surface area (Å²) in [6.45, 7) is 0. The van der Waals surface area contributed by atoms with Gasteiger partial charge < -0.3 is 9.05 Å². The molecule has 3 aliphatic rings. The zero-order valence-corrected chi connectivity index (χ0v) is 17.5. The van der Waals surface area contributed by atoms with E-state index in [4.69, 9.17) is 9.05 Å². The Morgan fingerprint density at radius 3 is 1.93 bits per heavy atom. The number of benzene rings is 4. The second-order valence-corrected chi connectivity index (χ2v) is 10.0. The Kier molecular flexibility index (Phi) is 3.43. The normalized spacial score (nSPS) is 18.1. The van der Waals surface area contributed by atoms with Gasteiger partial charge in [0.15, 0.2) is 0 Å². The van der Waals surface area contributed by atoms with Gasteiger partial charge in [0.25, 0.3) is 0 Å². The highest BCUT2D eigenvalue weighted by Crippen LogP contribution is 2.61. The standard InChI is InChI=1S/C27H21O2P/c1-2-6-21-17-22(12-11-18(21)5-1)30-28-23-9-3-7-19-13-15-27(25(19)23)16-14-20-8-4-10-24(29-30)26(20)27/h1-12,17H,13-16H2. The lowest BCUT2D eigenvalue weighted by Crippen LogP contribution is -2.25. The molecule has 0 N–H and O–H groups in total. The highest BCUT2D eigenvalue weighted by atomic mass is 31.2. The van der Waals surface area contributed by atoms with Crippen LogP contribution in [-0.4, -0.2) is 0 Å². The van der Waals surface area contributed by atoms with Crippen molar-refractivity contribution in [1.29, 1.82) is 0 Å². The summed E-state index contributed by atoms with van der Waals surface area (Å²) >= 11 is 0. The van der Waals surface area contributed by atoms with Crippen LogP contribution < -0.4 is 14.4 Å². The summed E-state index contributed by atoms with van der Waals surface area (Å²) in [4.78, 5) is 0. The van der Waals surface area contributed by atoms with Gasteiger partial charge in [-0.05, 0) is 71.8 Å². The largest absolute Gasteiger partial charge is 0.435 e. The van der Waals surface area contributed by atoms with E-state index in [9.17, 15) is 0 Å². The van der Waals surface area contributed by atoms with Gasteiger partial charge in [-0.15, -0.1) is 0 Å². The van der Waals surface area contributed by atoms with Gasteiger partial charge in [-0.3, -0.25) is 0 Å². The van der Waals surface area contributed by atoms with Crippen LogP contribution >= 0.6 is 8.38 Å². The van der Waals surface area contributed by atoms with E-state index in [1.807, 2.05) is 0 Å². The zero-order chi connectivity index (χ0) is 19.7. The Morgan fingerprint density at radius 2 is 1.27 bits per heavy atom. The number of aryl methyl sites for hydroxylation is 2. The number of hydrogen-bond donors (Lipinski definition) is 0. The molecule has 1 aliphatic heterocycles. The molecular weight excluding hydrogens is 387 g/mol. The summed E-state index contributed by atoms with van der Waals surface area (Å²) in [5.41, 5.74) is 5.81. The molecule has 4 aromatic rings. The van der Waals surface area contributed by atoms with E-state index >= 15 is 0 Å². The first-order valence-corrected chi connectivity index (χ1v) is 11.9. The van der Waals surface area contributed by atoms with E-state index in [1.54, 1.807) is 0 Å². The lowest BCUT2D eigenvalue weighted by atomic mass is 9.76. The molecule has 0 bridgehead atoms. The van der Waals surface area contributed by atoms with Crippen LogP contribution in [0.15, 0.2) is 78.9 Å². The van der Waals surface area contributed by atoms with Crippen molar-refractivity contribution in [2.75, 3.05) is 0 Å². The molecule has 0 unspecified atom stereocenters. The minimum absolute atomic E-state index is 0.0582. The maximum absolute atomic E-state index is 6.71. The van der Waals surface area contributed by atoms with Crippen LogP contribution in [0.1, 0.15) is 35.1 Å². The summed E-state index contributed by atoms with van der Waals surface area (Å²) in [7, 11) is -1.27. The second kappa shape index (κ2) is 6.09. The van der Waals surface area contributed by atoms with Crippen molar-refractivity contribution in [3.05, 3.63) is 101 Å². The van der Waals surface area contributed by atoms with E-state index < -0.39 is 8.38 Å². The Labute approximate surface area is 177 Å². The minimum Gasteiger partial charge on any atom is -0.435 e. The van der Waals surface area contributed by atoms with Gasteiger partial charge in [0.2, 0.25) is 0 Å². The van der Waals surface area contributed by atoms with Gasteiger partial charge in [-0.1, -0.05) is 54.6 Å². The van der Waals surface area contributed by atoms with Crippen molar-refractivity contribution in [2.24, 2.45) is 0 Å². The molecule has 0 fully saturated rings. The van der Waals surface area contributed by atoms with Gasteiger partial charge in [0.1, 0.15) is 11.5 Å². The first-order valence-electron chi connectivity index (χ1n) is 10.7. The predicted octanol–water partition coefficient (Wildman–Crippen LogP) is 6.43. The molecule has 2 nitrogen and oxygen atoms in total. The third-order valence-corrected chi connectivity index (χ3v) is 8.56. The van der Waals surface area contributed by atoms with Crippen LogP contribution in [0.25, 0.3) is 10.8 Å². The first kappa shape index (κ1) is 16.9.